The lowest BCUT2D eigenvalue weighted by Crippen LogP contribution is -2.40. The fourth-order valence-corrected chi connectivity index (χ4v) is 3.61. The minimum absolute atomic E-state index is 0.00587. The first-order valence-corrected chi connectivity index (χ1v) is 9.48. The Balaban J connectivity index is 1.95. The molecule has 8 heteroatoms. The van der Waals surface area contributed by atoms with E-state index in [1.165, 1.54) is 13.2 Å². The second-order valence-corrected chi connectivity index (χ2v) is 6.88. The molecule has 0 radical (unpaired) electrons. The van der Waals surface area contributed by atoms with Crippen LogP contribution in [0.25, 0.3) is 22.4 Å². The van der Waals surface area contributed by atoms with Crippen LogP contribution in [-0.4, -0.2) is 29.7 Å². The van der Waals surface area contributed by atoms with Crippen LogP contribution in [0.15, 0.2) is 66.7 Å². The summed E-state index contributed by atoms with van der Waals surface area (Å²) in [5, 5.41) is 27.3. The summed E-state index contributed by atoms with van der Waals surface area (Å²) in [6, 6.07) is 19.4. The molecular weight excluding hydrogens is 398 g/mol. The Hall–Kier alpha value is -4.33. The van der Waals surface area contributed by atoms with Crippen molar-refractivity contribution in [2.24, 2.45) is 0 Å². The van der Waals surface area contributed by atoms with Crippen molar-refractivity contribution >= 4 is 23.0 Å². The number of benzene rings is 3. The maximum Gasteiger partial charge on any atom is 0.319 e. The van der Waals surface area contributed by atoms with Gasteiger partial charge in [0.2, 0.25) is 5.75 Å². The summed E-state index contributed by atoms with van der Waals surface area (Å²) in [7, 11) is 1.34. The van der Waals surface area contributed by atoms with Gasteiger partial charge in [-0.15, -0.1) is 0 Å². The normalized spacial score (nSPS) is 13.4. The zero-order valence-electron chi connectivity index (χ0n) is 16.6. The number of methoxy groups -OCH3 is 1. The molecular formula is C23H19N3O5. The van der Waals surface area contributed by atoms with Crippen LogP contribution in [0.2, 0.25) is 0 Å². The predicted octanol–water partition coefficient (Wildman–Crippen LogP) is 4.16. The monoisotopic (exact) mass is 417 g/mol. The van der Waals surface area contributed by atoms with E-state index in [1.807, 2.05) is 54.6 Å². The molecule has 1 aliphatic rings. The minimum Gasteiger partial charge on any atom is -0.500 e. The van der Waals surface area contributed by atoms with E-state index in [2.05, 4.69) is 10.6 Å². The molecule has 0 atom stereocenters. The molecule has 0 saturated carbocycles. The Labute approximate surface area is 177 Å². The number of nitrogens with zero attached hydrogens (tertiary/aromatic N) is 1. The standard InChI is InChI=1S/C23H19N3O5/c1-31-20-12-15(11-19(22(20)27)26(29)30)16-9-5-6-10-17(16)18-13-24-23(28)25-21(18)14-7-3-2-4-8-14/h2-12,27H,13H2,1H3,(H2,24,25,28). The van der Waals surface area contributed by atoms with Crippen molar-refractivity contribution < 1.29 is 19.6 Å². The number of aromatic hydroxyl groups is 1. The number of nitrogens with one attached hydrogen (secondary N) is 2. The van der Waals surface area contributed by atoms with Crippen molar-refractivity contribution in [2.75, 3.05) is 13.7 Å². The maximum absolute atomic E-state index is 12.0. The Morgan fingerprint density at radius 1 is 1.00 bits per heavy atom. The summed E-state index contributed by atoms with van der Waals surface area (Å²) in [5.74, 6) is -0.518. The molecule has 3 aromatic rings. The van der Waals surface area contributed by atoms with E-state index in [9.17, 15) is 20.0 Å². The van der Waals surface area contributed by atoms with Gasteiger partial charge < -0.3 is 20.5 Å². The first kappa shape index (κ1) is 20.0. The largest absolute Gasteiger partial charge is 0.500 e. The summed E-state index contributed by atoms with van der Waals surface area (Å²) in [4.78, 5) is 22.8. The van der Waals surface area contributed by atoms with Gasteiger partial charge in [0.15, 0.2) is 5.75 Å². The molecule has 0 unspecified atom stereocenters. The molecule has 8 nitrogen and oxygen atoms in total. The van der Waals surface area contributed by atoms with Gasteiger partial charge in [0.25, 0.3) is 0 Å². The van der Waals surface area contributed by atoms with Gasteiger partial charge in [0.05, 0.1) is 17.7 Å². The number of urea groups is 1. The fourth-order valence-electron chi connectivity index (χ4n) is 3.61. The molecule has 1 heterocycles. The molecule has 0 bridgehead atoms. The predicted molar refractivity (Wildman–Crippen MR) is 117 cm³/mol. The highest BCUT2D eigenvalue weighted by Gasteiger charge is 2.25. The van der Waals surface area contributed by atoms with Gasteiger partial charge in [-0.3, -0.25) is 10.1 Å². The molecule has 31 heavy (non-hydrogen) atoms. The number of hydrogen-bond acceptors (Lipinski definition) is 5. The van der Waals surface area contributed by atoms with Crippen LogP contribution in [0.4, 0.5) is 10.5 Å². The highest BCUT2D eigenvalue weighted by molar-refractivity contribution is 6.03. The summed E-state index contributed by atoms with van der Waals surface area (Å²) in [5.41, 5.74) is 3.89. The van der Waals surface area contributed by atoms with Crippen molar-refractivity contribution in [1.82, 2.24) is 10.6 Å². The van der Waals surface area contributed by atoms with E-state index >= 15 is 0 Å². The lowest BCUT2D eigenvalue weighted by Gasteiger charge is -2.24. The van der Waals surface area contributed by atoms with Crippen LogP contribution in [0, 0.1) is 10.1 Å². The van der Waals surface area contributed by atoms with Crippen LogP contribution < -0.4 is 15.4 Å². The molecule has 3 N–H and O–H groups in total. The molecule has 1 aliphatic heterocycles. The molecule has 0 spiro atoms. The van der Waals surface area contributed by atoms with Gasteiger partial charge in [-0.05, 0) is 28.3 Å². The van der Waals surface area contributed by atoms with Crippen molar-refractivity contribution in [3.63, 3.8) is 0 Å². The van der Waals surface area contributed by atoms with Gasteiger partial charge in [0, 0.05) is 18.2 Å². The lowest BCUT2D eigenvalue weighted by atomic mass is 9.90. The number of carbonyl (C=O) groups excluding carboxylic acids is 1. The third-order valence-electron chi connectivity index (χ3n) is 5.06. The van der Waals surface area contributed by atoms with Crippen LogP contribution in [0.5, 0.6) is 11.5 Å². The van der Waals surface area contributed by atoms with E-state index in [-0.39, 0.29) is 18.3 Å². The van der Waals surface area contributed by atoms with Crippen molar-refractivity contribution in [1.29, 1.82) is 0 Å². The highest BCUT2D eigenvalue weighted by Crippen LogP contribution is 2.42. The van der Waals surface area contributed by atoms with Gasteiger partial charge >= 0.3 is 11.7 Å². The quantitative estimate of drug-likeness (QED) is 0.426. The number of nitro benzene ring substituents is 1. The van der Waals surface area contributed by atoms with E-state index < -0.39 is 16.4 Å². The number of amides is 2. The maximum atomic E-state index is 12.0. The van der Waals surface area contributed by atoms with Crippen LogP contribution in [0.3, 0.4) is 0 Å². The van der Waals surface area contributed by atoms with Gasteiger partial charge in [0.1, 0.15) is 0 Å². The summed E-state index contributed by atoms with van der Waals surface area (Å²) in [6.07, 6.45) is 0. The van der Waals surface area contributed by atoms with Crippen molar-refractivity contribution in [3.05, 3.63) is 88.0 Å². The molecule has 0 saturated heterocycles. The highest BCUT2D eigenvalue weighted by atomic mass is 16.6. The average molecular weight is 417 g/mol. The van der Waals surface area contributed by atoms with Crippen LogP contribution >= 0.6 is 0 Å². The fraction of sp³-hybridized carbons (Fsp3) is 0.0870. The third-order valence-corrected chi connectivity index (χ3v) is 5.06. The number of phenolic OH excluding ortho intramolecular Hbond substituents is 1. The SMILES string of the molecule is COc1cc(-c2ccccc2C2=C(c3ccccc3)NC(=O)NC2)cc([N+](=O)[O-])c1O. The second-order valence-electron chi connectivity index (χ2n) is 6.88. The number of ether oxygens (including phenoxy) is 1. The zero-order chi connectivity index (χ0) is 22.0. The molecule has 2 amide bonds. The lowest BCUT2D eigenvalue weighted by molar-refractivity contribution is -0.385. The molecule has 0 fully saturated rings. The molecule has 3 aromatic carbocycles. The van der Waals surface area contributed by atoms with Gasteiger partial charge in [-0.2, -0.15) is 0 Å². The first-order chi connectivity index (χ1) is 15.0. The molecule has 156 valence electrons. The van der Waals surface area contributed by atoms with E-state index in [0.29, 0.717) is 16.8 Å². The van der Waals surface area contributed by atoms with Crippen LogP contribution in [-0.2, 0) is 0 Å². The molecule has 4 rings (SSSR count). The number of carbonyl (C=O) groups is 1. The first-order valence-electron chi connectivity index (χ1n) is 9.48. The molecule has 0 aliphatic carbocycles. The number of phenols is 1. The van der Waals surface area contributed by atoms with Crippen molar-refractivity contribution in [2.45, 2.75) is 0 Å². The smallest absolute Gasteiger partial charge is 0.319 e. The number of hydrogen-bond donors (Lipinski definition) is 3. The van der Waals surface area contributed by atoms with Crippen molar-refractivity contribution in [3.8, 4) is 22.6 Å². The molecule has 0 aromatic heterocycles. The average Bonchev–Trinajstić information content (AvgIpc) is 2.79. The minimum atomic E-state index is -0.652. The second kappa shape index (κ2) is 8.19. The third kappa shape index (κ3) is 3.78. The Morgan fingerprint density at radius 3 is 2.35 bits per heavy atom. The Kier molecular flexibility index (Phi) is 5.28. The summed E-state index contributed by atoms with van der Waals surface area (Å²) >= 11 is 0. The number of nitro groups is 1. The summed E-state index contributed by atoms with van der Waals surface area (Å²) in [6.45, 7) is 0.282. The topological polar surface area (TPSA) is 114 Å². The van der Waals surface area contributed by atoms with E-state index in [4.69, 9.17) is 4.74 Å². The van der Waals surface area contributed by atoms with Gasteiger partial charge in [-0.25, -0.2) is 4.79 Å². The van der Waals surface area contributed by atoms with Crippen LogP contribution in [0.1, 0.15) is 11.1 Å². The number of rotatable bonds is 5. The Bertz CT molecular complexity index is 1210. The van der Waals surface area contributed by atoms with E-state index in [1.54, 1.807) is 6.07 Å². The van der Waals surface area contributed by atoms with E-state index in [0.717, 1.165) is 16.7 Å². The summed E-state index contributed by atoms with van der Waals surface area (Å²) < 4.78 is 5.15. The Morgan fingerprint density at radius 2 is 1.68 bits per heavy atom. The van der Waals surface area contributed by atoms with Gasteiger partial charge in [-0.1, -0.05) is 54.6 Å². The zero-order valence-corrected chi connectivity index (χ0v) is 16.6.